The lowest BCUT2D eigenvalue weighted by Crippen LogP contribution is -3.07. The van der Waals surface area contributed by atoms with E-state index in [1.165, 1.54) is 37.2 Å². The molecule has 0 saturated heterocycles. The van der Waals surface area contributed by atoms with Gasteiger partial charge in [-0.2, -0.15) is 0 Å². The quantitative estimate of drug-likeness (QED) is 0.727. The van der Waals surface area contributed by atoms with E-state index in [0.717, 1.165) is 10.8 Å². The third-order valence-electron chi connectivity index (χ3n) is 3.52. The minimum atomic E-state index is -3.62. The molecule has 0 aliphatic carbocycles. The van der Waals surface area contributed by atoms with E-state index in [-0.39, 0.29) is 26.8 Å². The number of carbonyl (C=O) groups excluding carboxylic acids is 1. The van der Waals surface area contributed by atoms with Gasteiger partial charge in [-0.25, -0.2) is 12.7 Å². The van der Waals surface area contributed by atoms with Crippen LogP contribution >= 0.6 is 11.6 Å². The van der Waals surface area contributed by atoms with Crippen LogP contribution in [0, 0.1) is 5.41 Å². The molecule has 0 atom stereocenters. The molecule has 0 heterocycles. The van der Waals surface area contributed by atoms with Crippen molar-refractivity contribution in [1.29, 1.82) is 0 Å². The van der Waals surface area contributed by atoms with Gasteiger partial charge < -0.3 is 10.2 Å². The van der Waals surface area contributed by atoms with Gasteiger partial charge in [-0.3, -0.25) is 4.79 Å². The summed E-state index contributed by atoms with van der Waals surface area (Å²) in [6, 6.07) is 4.15. The number of amides is 1. The van der Waals surface area contributed by atoms with Gasteiger partial charge in [0, 0.05) is 26.1 Å². The minimum Gasteiger partial charge on any atom is -0.351 e. The topological polar surface area (TPSA) is 70.9 Å². The lowest BCUT2D eigenvalue weighted by molar-refractivity contribution is -0.865. The van der Waals surface area contributed by atoms with Crippen LogP contribution in [0.5, 0.6) is 0 Å². The van der Waals surface area contributed by atoms with Crippen molar-refractivity contribution in [2.24, 2.45) is 5.41 Å². The van der Waals surface area contributed by atoms with Crippen LogP contribution in [0.25, 0.3) is 0 Å². The van der Waals surface area contributed by atoms with E-state index in [2.05, 4.69) is 33.3 Å². The van der Waals surface area contributed by atoms with Crippen LogP contribution in [-0.4, -0.2) is 59.9 Å². The molecule has 0 radical (unpaired) electrons. The number of nitrogens with one attached hydrogen (secondary N) is 2. The van der Waals surface area contributed by atoms with Gasteiger partial charge in [0.25, 0.3) is 5.91 Å². The average molecular weight is 377 g/mol. The summed E-state index contributed by atoms with van der Waals surface area (Å²) in [5.74, 6) is -0.377. The van der Waals surface area contributed by atoms with Crippen LogP contribution in [-0.2, 0) is 10.0 Å². The third-order valence-corrected chi connectivity index (χ3v) is 5.66. The van der Waals surface area contributed by atoms with Crippen LogP contribution in [0.2, 0.25) is 5.02 Å². The fraction of sp³-hybridized carbons (Fsp3) is 0.562. The Morgan fingerprint density at radius 1 is 1.29 bits per heavy atom. The highest BCUT2D eigenvalue weighted by Crippen LogP contribution is 2.22. The van der Waals surface area contributed by atoms with Crippen molar-refractivity contribution in [1.82, 2.24) is 9.62 Å². The Morgan fingerprint density at radius 2 is 1.88 bits per heavy atom. The molecule has 0 bridgehead atoms. The summed E-state index contributed by atoms with van der Waals surface area (Å²) >= 11 is 6.08. The molecule has 0 saturated carbocycles. The monoisotopic (exact) mass is 376 g/mol. The molecule has 2 N–H and O–H groups in total. The van der Waals surface area contributed by atoms with Gasteiger partial charge in [0.15, 0.2) is 0 Å². The Labute approximate surface area is 149 Å². The molecular formula is C16H27ClN3O3S+. The molecule has 8 heteroatoms. The molecular weight excluding hydrogens is 350 g/mol. The van der Waals surface area contributed by atoms with Crippen LogP contribution in [0.3, 0.4) is 0 Å². The number of sulfonamides is 1. The van der Waals surface area contributed by atoms with Crippen LogP contribution in [0.15, 0.2) is 23.1 Å². The molecule has 1 rings (SSSR count). The molecule has 136 valence electrons. The summed E-state index contributed by atoms with van der Waals surface area (Å²) in [4.78, 5) is 13.8. The Kier molecular flexibility index (Phi) is 6.81. The lowest BCUT2D eigenvalue weighted by atomic mass is 9.93. The Morgan fingerprint density at radius 3 is 2.38 bits per heavy atom. The van der Waals surface area contributed by atoms with E-state index in [1.807, 2.05) is 0 Å². The predicted molar refractivity (Wildman–Crippen MR) is 96.1 cm³/mol. The molecule has 1 aromatic carbocycles. The van der Waals surface area contributed by atoms with Crippen molar-refractivity contribution in [3.8, 4) is 0 Å². The first kappa shape index (κ1) is 20.9. The zero-order valence-electron chi connectivity index (χ0n) is 15.1. The smallest absolute Gasteiger partial charge is 0.252 e. The summed E-state index contributed by atoms with van der Waals surface area (Å²) < 4.78 is 25.5. The number of quaternary nitrogens is 1. The third kappa shape index (κ3) is 5.44. The maximum absolute atomic E-state index is 12.4. The highest BCUT2D eigenvalue weighted by Gasteiger charge is 2.24. The molecule has 0 spiro atoms. The maximum Gasteiger partial charge on any atom is 0.252 e. The molecule has 6 nitrogen and oxygen atoms in total. The second-order valence-corrected chi connectivity index (χ2v) is 9.72. The molecule has 1 aromatic rings. The summed E-state index contributed by atoms with van der Waals surface area (Å²) in [5.41, 5.74) is 0.0708. The molecule has 0 aromatic heterocycles. The highest BCUT2D eigenvalue weighted by atomic mass is 35.5. The van der Waals surface area contributed by atoms with Gasteiger partial charge in [0.2, 0.25) is 10.0 Å². The van der Waals surface area contributed by atoms with Gasteiger partial charge in [0.05, 0.1) is 36.1 Å². The van der Waals surface area contributed by atoms with Gasteiger partial charge in [0.1, 0.15) is 0 Å². The van der Waals surface area contributed by atoms with Crippen molar-refractivity contribution in [3.05, 3.63) is 28.8 Å². The SMILES string of the molecule is CN(C)S(=O)(=O)c1ccc(Cl)c(C(=O)NCC(C)(C)C[NH+](C)C)c1. The first-order valence-electron chi connectivity index (χ1n) is 7.66. The molecule has 24 heavy (non-hydrogen) atoms. The summed E-state index contributed by atoms with van der Waals surface area (Å²) in [5, 5.41) is 3.07. The number of hydrogen-bond donors (Lipinski definition) is 2. The average Bonchev–Trinajstić information content (AvgIpc) is 2.43. The van der Waals surface area contributed by atoms with Gasteiger partial charge in [-0.15, -0.1) is 0 Å². The van der Waals surface area contributed by atoms with Gasteiger partial charge in [-0.1, -0.05) is 25.4 Å². The summed E-state index contributed by atoms with van der Waals surface area (Å²) in [7, 11) is 3.37. The van der Waals surface area contributed by atoms with E-state index >= 15 is 0 Å². The number of nitrogens with zero attached hydrogens (tertiary/aromatic N) is 1. The van der Waals surface area contributed by atoms with Gasteiger partial charge >= 0.3 is 0 Å². The van der Waals surface area contributed by atoms with Crippen LogP contribution in [0.4, 0.5) is 0 Å². The van der Waals surface area contributed by atoms with E-state index < -0.39 is 10.0 Å². The number of rotatable bonds is 7. The zero-order chi connectivity index (χ0) is 18.7. The lowest BCUT2D eigenvalue weighted by Gasteiger charge is -2.26. The fourth-order valence-corrected chi connectivity index (χ4v) is 3.62. The van der Waals surface area contributed by atoms with E-state index in [0.29, 0.717) is 6.54 Å². The van der Waals surface area contributed by atoms with Crippen LogP contribution < -0.4 is 10.2 Å². The van der Waals surface area contributed by atoms with Crippen molar-refractivity contribution in [3.63, 3.8) is 0 Å². The zero-order valence-corrected chi connectivity index (χ0v) is 16.7. The molecule has 0 unspecified atom stereocenters. The molecule has 0 fully saturated rings. The Hall–Kier alpha value is -1.15. The standard InChI is InChI=1S/C16H26ClN3O3S/c1-16(2,11-19(3)4)10-18-15(21)13-9-12(7-8-14(13)17)24(22,23)20(5)6/h7-9H,10-11H2,1-6H3,(H,18,21)/p+1. The van der Waals surface area contributed by atoms with E-state index in [4.69, 9.17) is 11.6 Å². The fourth-order valence-electron chi connectivity index (χ4n) is 2.48. The van der Waals surface area contributed by atoms with Crippen LogP contribution in [0.1, 0.15) is 24.2 Å². The molecule has 1 amide bonds. The van der Waals surface area contributed by atoms with Crippen molar-refractivity contribution < 1.29 is 18.1 Å². The van der Waals surface area contributed by atoms with E-state index in [1.54, 1.807) is 0 Å². The predicted octanol–water partition coefficient (Wildman–Crippen LogP) is 0.491. The molecule has 0 aliphatic rings. The minimum absolute atomic E-state index is 0.0408. The van der Waals surface area contributed by atoms with E-state index in [9.17, 15) is 13.2 Å². The number of hydrogen-bond acceptors (Lipinski definition) is 3. The second kappa shape index (κ2) is 7.82. The normalized spacial score (nSPS) is 12.7. The first-order chi connectivity index (χ1) is 10.9. The summed E-state index contributed by atoms with van der Waals surface area (Å²) in [6.07, 6.45) is 0. The second-order valence-electron chi connectivity index (χ2n) is 7.16. The van der Waals surface area contributed by atoms with Crippen molar-refractivity contribution in [2.75, 3.05) is 41.3 Å². The first-order valence-corrected chi connectivity index (χ1v) is 9.48. The maximum atomic E-state index is 12.4. The highest BCUT2D eigenvalue weighted by molar-refractivity contribution is 7.89. The van der Waals surface area contributed by atoms with Crippen molar-refractivity contribution in [2.45, 2.75) is 18.7 Å². The number of halogens is 1. The number of benzene rings is 1. The number of carbonyl (C=O) groups is 1. The summed E-state index contributed by atoms with van der Waals surface area (Å²) in [6.45, 7) is 5.48. The molecule has 0 aliphatic heterocycles. The largest absolute Gasteiger partial charge is 0.351 e. The van der Waals surface area contributed by atoms with Gasteiger partial charge in [-0.05, 0) is 18.2 Å². The Bertz CT molecular complexity index is 701. The van der Waals surface area contributed by atoms with Crippen molar-refractivity contribution >= 4 is 27.5 Å². The Balaban J connectivity index is 3.00.